The first-order chi connectivity index (χ1) is 8.04. The third kappa shape index (κ3) is 2.03. The molecule has 17 heavy (non-hydrogen) atoms. The molecule has 0 amide bonds. The lowest BCUT2D eigenvalue weighted by molar-refractivity contribution is -0.0550. The van der Waals surface area contributed by atoms with E-state index in [2.05, 4.69) is 0 Å². The number of hydrogen-bond acceptors (Lipinski definition) is 6. The molecule has 2 heterocycles. The van der Waals surface area contributed by atoms with Crippen LogP contribution in [-0.2, 0) is 4.74 Å². The maximum atomic E-state index is 11.4. The first-order valence-corrected chi connectivity index (χ1v) is 4.98. The van der Waals surface area contributed by atoms with E-state index in [1.807, 2.05) is 4.98 Å². The standard InChI is InChI=1S/C9H12N2O6/c12-3-4-6(14)7(15)8(17-4)11-2-1-5(13)10-9(11)16/h1-2,4,6-8,12,14-15H,3H2,(H,10,13,16)/t4-,6+,7+,8-/m1/s1. The minimum Gasteiger partial charge on any atom is -0.394 e. The molecule has 8 nitrogen and oxygen atoms in total. The molecule has 0 aliphatic carbocycles. The van der Waals surface area contributed by atoms with Crippen LogP contribution < -0.4 is 11.2 Å². The average Bonchev–Trinajstić information content (AvgIpc) is 2.57. The molecule has 4 N–H and O–H groups in total. The summed E-state index contributed by atoms with van der Waals surface area (Å²) in [7, 11) is 0. The number of aromatic nitrogens is 2. The number of rotatable bonds is 2. The summed E-state index contributed by atoms with van der Waals surface area (Å²) in [4.78, 5) is 24.3. The van der Waals surface area contributed by atoms with E-state index in [0.717, 1.165) is 16.8 Å². The van der Waals surface area contributed by atoms with Gasteiger partial charge < -0.3 is 20.1 Å². The minimum absolute atomic E-state index is 0.479. The minimum atomic E-state index is -1.35. The van der Waals surface area contributed by atoms with E-state index < -0.39 is 42.4 Å². The van der Waals surface area contributed by atoms with Gasteiger partial charge in [-0.1, -0.05) is 0 Å². The smallest absolute Gasteiger partial charge is 0.330 e. The van der Waals surface area contributed by atoms with E-state index in [1.165, 1.54) is 0 Å². The number of aliphatic hydroxyl groups is 3. The van der Waals surface area contributed by atoms with Crippen molar-refractivity contribution in [1.82, 2.24) is 9.55 Å². The highest BCUT2D eigenvalue weighted by atomic mass is 16.6. The van der Waals surface area contributed by atoms with Gasteiger partial charge in [0.2, 0.25) is 0 Å². The van der Waals surface area contributed by atoms with Gasteiger partial charge in [-0.05, 0) is 0 Å². The highest BCUT2D eigenvalue weighted by Gasteiger charge is 2.43. The molecule has 1 fully saturated rings. The Bertz CT molecular complexity index is 509. The van der Waals surface area contributed by atoms with Crippen molar-refractivity contribution in [3.63, 3.8) is 0 Å². The van der Waals surface area contributed by atoms with Crippen molar-refractivity contribution >= 4 is 0 Å². The second-order valence-electron chi connectivity index (χ2n) is 3.75. The summed E-state index contributed by atoms with van der Waals surface area (Å²) in [5, 5.41) is 28.1. The number of nitrogens with zero attached hydrogens (tertiary/aromatic N) is 1. The molecule has 0 aromatic carbocycles. The van der Waals surface area contributed by atoms with Crippen LogP contribution in [0.3, 0.4) is 0 Å². The lowest BCUT2D eigenvalue weighted by Gasteiger charge is -2.16. The van der Waals surface area contributed by atoms with E-state index in [4.69, 9.17) is 9.84 Å². The Morgan fingerprint density at radius 2 is 2.06 bits per heavy atom. The Hall–Kier alpha value is -1.48. The fraction of sp³-hybridized carbons (Fsp3) is 0.556. The molecular formula is C9H12N2O6. The van der Waals surface area contributed by atoms with E-state index in [9.17, 15) is 19.8 Å². The maximum Gasteiger partial charge on any atom is 0.330 e. The van der Waals surface area contributed by atoms with Crippen molar-refractivity contribution < 1.29 is 20.1 Å². The Labute approximate surface area is 94.7 Å². The van der Waals surface area contributed by atoms with Gasteiger partial charge in [0.05, 0.1) is 6.61 Å². The number of ether oxygens (including phenoxy) is 1. The largest absolute Gasteiger partial charge is 0.394 e. The number of H-pyrrole nitrogens is 1. The number of hydrogen-bond donors (Lipinski definition) is 4. The summed E-state index contributed by atoms with van der Waals surface area (Å²) >= 11 is 0. The Balaban J connectivity index is 2.35. The predicted molar refractivity (Wildman–Crippen MR) is 54.3 cm³/mol. The molecule has 1 saturated heterocycles. The zero-order valence-corrected chi connectivity index (χ0v) is 8.68. The average molecular weight is 244 g/mol. The molecule has 0 unspecified atom stereocenters. The number of nitrogens with one attached hydrogen (secondary N) is 1. The van der Waals surface area contributed by atoms with Gasteiger partial charge in [0.1, 0.15) is 18.3 Å². The summed E-state index contributed by atoms with van der Waals surface area (Å²) < 4.78 is 6.08. The van der Waals surface area contributed by atoms with E-state index in [0.29, 0.717) is 0 Å². The van der Waals surface area contributed by atoms with Gasteiger partial charge in [-0.2, -0.15) is 0 Å². The van der Waals surface area contributed by atoms with E-state index in [-0.39, 0.29) is 0 Å². The van der Waals surface area contributed by atoms with Crippen LogP contribution in [0.2, 0.25) is 0 Å². The maximum absolute atomic E-state index is 11.4. The zero-order valence-electron chi connectivity index (χ0n) is 8.68. The highest BCUT2D eigenvalue weighted by molar-refractivity contribution is 4.92. The van der Waals surface area contributed by atoms with Crippen LogP contribution in [0.5, 0.6) is 0 Å². The van der Waals surface area contributed by atoms with Gasteiger partial charge >= 0.3 is 5.69 Å². The topological polar surface area (TPSA) is 125 Å². The fourth-order valence-corrected chi connectivity index (χ4v) is 1.74. The summed E-state index contributed by atoms with van der Waals surface area (Å²) in [5.41, 5.74) is -1.33. The van der Waals surface area contributed by atoms with Crippen LogP contribution in [-0.4, -0.2) is 49.8 Å². The van der Waals surface area contributed by atoms with Crippen LogP contribution in [0.1, 0.15) is 6.23 Å². The molecule has 0 saturated carbocycles. The molecule has 4 atom stereocenters. The number of aliphatic hydroxyl groups excluding tert-OH is 3. The summed E-state index contributed by atoms with van der Waals surface area (Å²) in [6, 6.07) is 1.09. The number of aromatic amines is 1. The van der Waals surface area contributed by atoms with Crippen LogP contribution in [0.4, 0.5) is 0 Å². The van der Waals surface area contributed by atoms with Crippen LogP contribution >= 0.6 is 0 Å². The first kappa shape index (κ1) is 12.0. The van der Waals surface area contributed by atoms with Crippen molar-refractivity contribution in [1.29, 1.82) is 0 Å². The third-order valence-electron chi connectivity index (χ3n) is 2.64. The van der Waals surface area contributed by atoms with Crippen molar-refractivity contribution in [2.45, 2.75) is 24.5 Å². The summed E-state index contributed by atoms with van der Waals surface area (Å²) in [6.07, 6.45) is -3.58. The Morgan fingerprint density at radius 1 is 1.35 bits per heavy atom. The van der Waals surface area contributed by atoms with Gasteiger partial charge in [0.15, 0.2) is 6.23 Å². The first-order valence-electron chi connectivity index (χ1n) is 4.98. The summed E-state index contributed by atoms with van der Waals surface area (Å²) in [6.45, 7) is -0.479. The lowest BCUT2D eigenvalue weighted by atomic mass is 10.1. The van der Waals surface area contributed by atoms with Gasteiger partial charge in [-0.15, -0.1) is 0 Å². The van der Waals surface area contributed by atoms with Crippen LogP contribution in [0, 0.1) is 0 Å². The zero-order chi connectivity index (χ0) is 12.6. The van der Waals surface area contributed by atoms with Crippen molar-refractivity contribution in [2.24, 2.45) is 0 Å². The molecular weight excluding hydrogens is 232 g/mol. The molecule has 1 aromatic rings. The molecule has 0 bridgehead atoms. The molecule has 1 aromatic heterocycles. The quantitative estimate of drug-likeness (QED) is 0.444. The second kappa shape index (κ2) is 4.41. The molecule has 94 valence electrons. The normalized spacial score (nSPS) is 32.9. The Kier molecular flexibility index (Phi) is 3.11. The SMILES string of the molecule is O=c1ccn([C@@H]2O[C@H](CO)[C@H](O)[C@@H]2O)c(=O)[nH]1. The molecule has 1 aliphatic heterocycles. The van der Waals surface area contributed by atoms with Gasteiger partial charge in [0, 0.05) is 12.3 Å². The molecule has 1 aliphatic rings. The van der Waals surface area contributed by atoms with Crippen molar-refractivity contribution in [2.75, 3.05) is 6.61 Å². The van der Waals surface area contributed by atoms with E-state index in [1.54, 1.807) is 0 Å². The molecule has 0 spiro atoms. The second-order valence-corrected chi connectivity index (χ2v) is 3.75. The van der Waals surface area contributed by atoms with Crippen LogP contribution in [0.25, 0.3) is 0 Å². The van der Waals surface area contributed by atoms with Crippen molar-refractivity contribution in [3.05, 3.63) is 33.1 Å². The molecule has 2 rings (SSSR count). The molecule has 0 radical (unpaired) electrons. The third-order valence-corrected chi connectivity index (χ3v) is 2.64. The monoisotopic (exact) mass is 244 g/mol. The fourth-order valence-electron chi connectivity index (χ4n) is 1.74. The Morgan fingerprint density at radius 3 is 2.59 bits per heavy atom. The lowest BCUT2D eigenvalue weighted by Crippen LogP contribution is -2.37. The van der Waals surface area contributed by atoms with Gasteiger partial charge in [0.25, 0.3) is 5.56 Å². The summed E-state index contributed by atoms with van der Waals surface area (Å²) in [5.74, 6) is 0. The highest BCUT2D eigenvalue weighted by Crippen LogP contribution is 2.27. The van der Waals surface area contributed by atoms with E-state index >= 15 is 0 Å². The van der Waals surface area contributed by atoms with Gasteiger partial charge in [-0.25, -0.2) is 4.79 Å². The molecule has 8 heteroatoms. The van der Waals surface area contributed by atoms with Crippen molar-refractivity contribution in [3.8, 4) is 0 Å². The van der Waals surface area contributed by atoms with Gasteiger partial charge in [-0.3, -0.25) is 14.3 Å². The predicted octanol–water partition coefficient (Wildman–Crippen LogP) is -2.85. The van der Waals surface area contributed by atoms with Crippen LogP contribution in [0.15, 0.2) is 21.9 Å².